The van der Waals surface area contributed by atoms with Gasteiger partial charge in [0.2, 0.25) is 0 Å². The second-order valence-corrected chi connectivity index (χ2v) is 3.34. The van der Waals surface area contributed by atoms with Crippen molar-refractivity contribution in [3.8, 4) is 11.3 Å². The largest absolute Gasteiger partial charge is 0.364 e. The summed E-state index contributed by atoms with van der Waals surface area (Å²) in [6.07, 6.45) is 0.704. The SMILES string of the molecule is O=Cc1ccccc1-c1cccc([N+](=O)[O-])n1. The molecule has 0 aliphatic rings. The van der Waals surface area contributed by atoms with Gasteiger partial charge in [0.15, 0.2) is 12.0 Å². The molecule has 2 aromatic rings. The molecular formula is C12H8N2O3. The van der Waals surface area contributed by atoms with Gasteiger partial charge in [-0.1, -0.05) is 18.2 Å². The topological polar surface area (TPSA) is 73.1 Å². The van der Waals surface area contributed by atoms with Crippen LogP contribution in [-0.4, -0.2) is 16.2 Å². The number of carbonyl (C=O) groups excluding carboxylic acids is 1. The summed E-state index contributed by atoms with van der Waals surface area (Å²) in [7, 11) is 0. The van der Waals surface area contributed by atoms with E-state index in [0.717, 1.165) is 0 Å². The molecule has 0 fully saturated rings. The first-order valence-corrected chi connectivity index (χ1v) is 4.88. The predicted molar refractivity (Wildman–Crippen MR) is 61.7 cm³/mol. The van der Waals surface area contributed by atoms with Crippen molar-refractivity contribution >= 4 is 12.1 Å². The molecule has 0 aliphatic carbocycles. The second-order valence-electron chi connectivity index (χ2n) is 3.34. The van der Waals surface area contributed by atoms with Crippen molar-refractivity contribution in [1.82, 2.24) is 4.98 Å². The third-order valence-corrected chi connectivity index (χ3v) is 2.29. The van der Waals surface area contributed by atoms with Crippen LogP contribution >= 0.6 is 0 Å². The smallest absolute Gasteiger partial charge is 0.358 e. The molecule has 5 heteroatoms. The number of nitro groups is 1. The van der Waals surface area contributed by atoms with E-state index >= 15 is 0 Å². The summed E-state index contributed by atoms with van der Waals surface area (Å²) < 4.78 is 0. The molecule has 1 heterocycles. The summed E-state index contributed by atoms with van der Waals surface area (Å²) in [5.41, 5.74) is 1.47. The summed E-state index contributed by atoms with van der Waals surface area (Å²) >= 11 is 0. The number of aromatic nitrogens is 1. The first-order chi connectivity index (χ1) is 8.22. The summed E-state index contributed by atoms with van der Waals surface area (Å²) in [5, 5.41) is 10.6. The van der Waals surface area contributed by atoms with E-state index < -0.39 is 4.92 Å². The Morgan fingerprint density at radius 3 is 2.59 bits per heavy atom. The number of aldehydes is 1. The summed E-state index contributed by atoms with van der Waals surface area (Å²) in [6, 6.07) is 11.3. The van der Waals surface area contributed by atoms with Crippen LogP contribution in [0.5, 0.6) is 0 Å². The van der Waals surface area contributed by atoms with Crippen molar-refractivity contribution < 1.29 is 9.72 Å². The van der Waals surface area contributed by atoms with E-state index in [1.54, 1.807) is 36.4 Å². The fourth-order valence-electron chi connectivity index (χ4n) is 1.51. The van der Waals surface area contributed by atoms with Gasteiger partial charge in [-0.05, 0) is 28.1 Å². The van der Waals surface area contributed by atoms with Crippen LogP contribution in [0.15, 0.2) is 42.5 Å². The Hall–Kier alpha value is -2.56. The molecule has 0 aliphatic heterocycles. The van der Waals surface area contributed by atoms with Crippen LogP contribution in [0.2, 0.25) is 0 Å². The van der Waals surface area contributed by atoms with E-state index in [-0.39, 0.29) is 5.82 Å². The van der Waals surface area contributed by atoms with Crippen LogP contribution in [0.3, 0.4) is 0 Å². The van der Waals surface area contributed by atoms with E-state index in [2.05, 4.69) is 4.98 Å². The lowest BCUT2D eigenvalue weighted by molar-refractivity contribution is -0.389. The highest BCUT2D eigenvalue weighted by atomic mass is 16.6. The number of nitrogens with zero attached hydrogens (tertiary/aromatic N) is 2. The fraction of sp³-hybridized carbons (Fsp3) is 0. The van der Waals surface area contributed by atoms with Gasteiger partial charge < -0.3 is 10.1 Å². The molecule has 0 N–H and O–H groups in total. The zero-order valence-electron chi connectivity index (χ0n) is 8.74. The van der Waals surface area contributed by atoms with Crippen LogP contribution < -0.4 is 0 Å². The highest BCUT2D eigenvalue weighted by Gasteiger charge is 2.13. The van der Waals surface area contributed by atoms with Crippen LogP contribution in [0.4, 0.5) is 5.82 Å². The van der Waals surface area contributed by atoms with Gasteiger partial charge in [0, 0.05) is 17.2 Å². The van der Waals surface area contributed by atoms with Gasteiger partial charge in [-0.2, -0.15) is 0 Å². The first-order valence-electron chi connectivity index (χ1n) is 4.88. The lowest BCUT2D eigenvalue weighted by atomic mass is 10.1. The van der Waals surface area contributed by atoms with Crippen molar-refractivity contribution in [1.29, 1.82) is 0 Å². The lowest BCUT2D eigenvalue weighted by Crippen LogP contribution is -1.95. The van der Waals surface area contributed by atoms with Gasteiger partial charge in [0.1, 0.15) is 0 Å². The molecule has 0 unspecified atom stereocenters. The lowest BCUT2D eigenvalue weighted by Gasteiger charge is -2.00. The van der Waals surface area contributed by atoms with Crippen molar-refractivity contribution in [3.63, 3.8) is 0 Å². The molecule has 0 saturated carbocycles. The number of pyridine rings is 1. The Labute approximate surface area is 96.9 Å². The summed E-state index contributed by atoms with van der Waals surface area (Å²) in [6.45, 7) is 0. The van der Waals surface area contributed by atoms with Crippen molar-refractivity contribution in [3.05, 3.63) is 58.1 Å². The maximum absolute atomic E-state index is 10.9. The Morgan fingerprint density at radius 2 is 1.88 bits per heavy atom. The molecule has 0 atom stereocenters. The monoisotopic (exact) mass is 228 g/mol. The quantitative estimate of drug-likeness (QED) is 0.459. The highest BCUT2D eigenvalue weighted by molar-refractivity contribution is 5.86. The average Bonchev–Trinajstić information content (AvgIpc) is 2.39. The van der Waals surface area contributed by atoms with Gasteiger partial charge in [0.25, 0.3) is 0 Å². The molecule has 2 rings (SSSR count). The molecule has 84 valence electrons. The molecule has 0 amide bonds. The van der Waals surface area contributed by atoms with E-state index in [1.807, 2.05) is 0 Å². The minimum Gasteiger partial charge on any atom is -0.358 e. The summed E-state index contributed by atoms with van der Waals surface area (Å²) in [4.78, 5) is 24.8. The number of hydrogen-bond acceptors (Lipinski definition) is 4. The molecular weight excluding hydrogens is 220 g/mol. The molecule has 17 heavy (non-hydrogen) atoms. The molecule has 1 aromatic carbocycles. The fourth-order valence-corrected chi connectivity index (χ4v) is 1.51. The maximum Gasteiger partial charge on any atom is 0.364 e. The Morgan fingerprint density at radius 1 is 1.12 bits per heavy atom. The Balaban J connectivity index is 2.56. The van der Waals surface area contributed by atoms with Gasteiger partial charge in [-0.3, -0.25) is 4.79 Å². The molecule has 0 saturated heterocycles. The van der Waals surface area contributed by atoms with E-state index in [4.69, 9.17) is 0 Å². The second kappa shape index (κ2) is 4.52. The maximum atomic E-state index is 10.9. The molecule has 5 nitrogen and oxygen atoms in total. The number of carbonyl (C=O) groups is 1. The standard InChI is InChI=1S/C12H8N2O3/c15-8-9-4-1-2-5-10(9)11-6-3-7-12(13-11)14(16)17/h1-8H. The van der Waals surface area contributed by atoms with Gasteiger partial charge in [-0.25, -0.2) is 0 Å². The minimum absolute atomic E-state index is 0.233. The van der Waals surface area contributed by atoms with E-state index in [9.17, 15) is 14.9 Å². The van der Waals surface area contributed by atoms with E-state index in [0.29, 0.717) is 23.1 Å². The third kappa shape index (κ3) is 2.17. The Bertz CT molecular complexity index is 581. The number of benzene rings is 1. The third-order valence-electron chi connectivity index (χ3n) is 2.29. The van der Waals surface area contributed by atoms with Gasteiger partial charge in [0.05, 0.1) is 0 Å². The zero-order valence-corrected chi connectivity index (χ0v) is 8.74. The van der Waals surface area contributed by atoms with Crippen LogP contribution in [0, 0.1) is 10.1 Å². The van der Waals surface area contributed by atoms with Crippen LogP contribution in [0.1, 0.15) is 10.4 Å². The minimum atomic E-state index is -0.562. The van der Waals surface area contributed by atoms with Crippen molar-refractivity contribution in [2.75, 3.05) is 0 Å². The van der Waals surface area contributed by atoms with Gasteiger partial charge >= 0.3 is 5.82 Å². The van der Waals surface area contributed by atoms with Crippen LogP contribution in [0.25, 0.3) is 11.3 Å². The molecule has 0 radical (unpaired) electrons. The van der Waals surface area contributed by atoms with Crippen molar-refractivity contribution in [2.45, 2.75) is 0 Å². The molecule has 0 bridgehead atoms. The van der Waals surface area contributed by atoms with Gasteiger partial charge in [-0.15, -0.1) is 0 Å². The number of hydrogen-bond donors (Lipinski definition) is 0. The van der Waals surface area contributed by atoms with Crippen molar-refractivity contribution in [2.24, 2.45) is 0 Å². The number of rotatable bonds is 3. The summed E-state index contributed by atoms with van der Waals surface area (Å²) in [5.74, 6) is -0.233. The normalized spacial score (nSPS) is 9.88. The highest BCUT2D eigenvalue weighted by Crippen LogP contribution is 2.22. The zero-order chi connectivity index (χ0) is 12.3. The average molecular weight is 228 g/mol. The molecule has 0 spiro atoms. The van der Waals surface area contributed by atoms with Crippen LogP contribution in [-0.2, 0) is 0 Å². The Kier molecular flexibility index (Phi) is 2.91. The molecule has 1 aromatic heterocycles. The van der Waals surface area contributed by atoms with E-state index in [1.165, 1.54) is 6.07 Å². The first kappa shape index (κ1) is 10.9. The predicted octanol–water partition coefficient (Wildman–Crippen LogP) is 2.47.